The molecule has 3 aromatic rings. The summed E-state index contributed by atoms with van der Waals surface area (Å²) < 4.78 is 49.0. The van der Waals surface area contributed by atoms with Crippen molar-refractivity contribution < 1.29 is 42.3 Å². The van der Waals surface area contributed by atoms with Crippen molar-refractivity contribution in [1.29, 1.82) is 0 Å². The maximum absolute atomic E-state index is 14.1. The largest absolute Gasteiger partial charge is 0.598 e. The molecule has 1 N–H and O–H groups in total. The van der Waals surface area contributed by atoms with E-state index in [1.54, 1.807) is 103 Å². The first-order valence-electron chi connectivity index (χ1n) is 19.5. The average Bonchev–Trinajstić information content (AvgIpc) is 3.18. The van der Waals surface area contributed by atoms with Crippen LogP contribution in [0.15, 0.2) is 116 Å². The van der Waals surface area contributed by atoms with Crippen molar-refractivity contribution in [1.82, 2.24) is 4.72 Å². The van der Waals surface area contributed by atoms with Crippen LogP contribution in [-0.4, -0.2) is 83.3 Å². The van der Waals surface area contributed by atoms with Crippen LogP contribution in [0.2, 0.25) is 18.1 Å². The lowest BCUT2D eigenvalue weighted by Gasteiger charge is -2.47. The summed E-state index contributed by atoms with van der Waals surface area (Å²) in [7, 11) is -2.22. The van der Waals surface area contributed by atoms with Gasteiger partial charge in [0.15, 0.2) is 26.6 Å². The fourth-order valence-electron chi connectivity index (χ4n) is 5.76. The van der Waals surface area contributed by atoms with Gasteiger partial charge in [-0.1, -0.05) is 87.5 Å². The quantitative estimate of drug-likeness (QED) is 0.0432. The Morgan fingerprint density at radius 3 is 1.60 bits per heavy atom. The highest BCUT2D eigenvalue weighted by molar-refractivity contribution is 8.00. The van der Waals surface area contributed by atoms with E-state index in [0.29, 0.717) is 13.0 Å². The molecule has 0 saturated carbocycles. The number of esters is 3. The normalized spacial score (nSPS) is 21.5. The predicted molar refractivity (Wildman–Crippen MR) is 235 cm³/mol. The Balaban J connectivity index is 1.92. The Morgan fingerprint density at radius 2 is 1.19 bits per heavy atom. The number of carbonyl (C=O) groups excluding carboxylic acids is 3. The number of thioether (sulfide) groups is 1. The standard InChI is InChI=1S/C45H59NO9S2Si/c1-11-22-34(30-51-58(9,10)45(6,7)8)56-43-39(54-42(49)33-28-20-15-21-29-33)38(53-41(48)32-26-18-14-19-27-32)37(52-40(47)31-24-16-13-17-25-31)36(55-43)35(23-12-2)46-57(50)44(3,4)5/h11-21,24-29,34-39,43,46H,1-2,22-23,30H2,3-10H3/t34?,35?,36-,37+,38+,39-,43-,57-/m1/s1. The highest BCUT2D eigenvalue weighted by Gasteiger charge is 2.56. The molecule has 58 heavy (non-hydrogen) atoms. The van der Waals surface area contributed by atoms with E-state index in [1.165, 1.54) is 11.8 Å². The lowest BCUT2D eigenvalue weighted by Crippen LogP contribution is -2.66. The second-order valence-electron chi connectivity index (χ2n) is 16.7. The van der Waals surface area contributed by atoms with E-state index in [9.17, 15) is 18.9 Å². The highest BCUT2D eigenvalue weighted by Crippen LogP contribution is 2.41. The Kier molecular flexibility index (Phi) is 17.0. The van der Waals surface area contributed by atoms with Gasteiger partial charge in [-0.2, -0.15) is 0 Å². The summed E-state index contributed by atoms with van der Waals surface area (Å²) in [5.41, 5.74) is -0.278. The first kappa shape index (κ1) is 47.0. The number of allylic oxidation sites excluding steroid dienone is 1. The van der Waals surface area contributed by atoms with Crippen molar-refractivity contribution in [3.8, 4) is 0 Å². The van der Waals surface area contributed by atoms with Gasteiger partial charge in [0.05, 0.1) is 22.7 Å². The molecule has 4 rings (SSSR count). The van der Waals surface area contributed by atoms with Crippen LogP contribution in [0, 0.1) is 0 Å². The molecule has 1 saturated heterocycles. The van der Waals surface area contributed by atoms with Gasteiger partial charge in [-0.25, -0.2) is 14.4 Å². The Morgan fingerprint density at radius 1 is 0.759 bits per heavy atom. The van der Waals surface area contributed by atoms with Crippen LogP contribution in [0.4, 0.5) is 0 Å². The van der Waals surface area contributed by atoms with Gasteiger partial charge >= 0.3 is 17.9 Å². The zero-order chi connectivity index (χ0) is 42.7. The van der Waals surface area contributed by atoms with E-state index < -0.39 is 78.2 Å². The molecule has 3 aromatic carbocycles. The molecule has 8 atom stereocenters. The molecule has 0 aromatic heterocycles. The van der Waals surface area contributed by atoms with E-state index in [2.05, 4.69) is 51.7 Å². The zero-order valence-corrected chi connectivity index (χ0v) is 37.5. The minimum Gasteiger partial charge on any atom is -0.598 e. The second-order valence-corrected chi connectivity index (χ2v) is 24.9. The third-order valence-electron chi connectivity index (χ3n) is 10.1. The third-order valence-corrected chi connectivity index (χ3v) is 17.6. The fraction of sp³-hybridized carbons (Fsp3) is 0.444. The van der Waals surface area contributed by atoms with Crippen LogP contribution in [0.3, 0.4) is 0 Å². The van der Waals surface area contributed by atoms with Crippen molar-refractivity contribution in [2.75, 3.05) is 6.61 Å². The number of hydrogen-bond donors (Lipinski definition) is 1. The smallest absolute Gasteiger partial charge is 0.338 e. The predicted octanol–water partition coefficient (Wildman–Crippen LogP) is 9.08. The molecular weight excluding hydrogens is 791 g/mol. The topological polar surface area (TPSA) is 132 Å². The molecule has 0 aliphatic carbocycles. The van der Waals surface area contributed by atoms with Gasteiger partial charge in [-0.15, -0.1) is 29.6 Å². The molecule has 13 heteroatoms. The molecule has 1 aliphatic rings. The minimum atomic E-state index is -2.22. The highest BCUT2D eigenvalue weighted by atomic mass is 32.2. The van der Waals surface area contributed by atoms with Gasteiger partial charge in [0.25, 0.3) is 0 Å². The summed E-state index contributed by atoms with van der Waals surface area (Å²) in [6, 6.07) is 24.5. The zero-order valence-electron chi connectivity index (χ0n) is 34.9. The van der Waals surface area contributed by atoms with Gasteiger partial charge in [0.2, 0.25) is 0 Å². The summed E-state index contributed by atoms with van der Waals surface area (Å²) >= 11 is -0.262. The molecule has 0 radical (unpaired) electrons. The van der Waals surface area contributed by atoms with Crippen molar-refractivity contribution in [2.24, 2.45) is 0 Å². The van der Waals surface area contributed by atoms with Crippen LogP contribution in [0.25, 0.3) is 0 Å². The summed E-state index contributed by atoms with van der Waals surface area (Å²) in [6.45, 7) is 24.7. The third kappa shape index (κ3) is 12.9. The number of hydrogen-bond acceptors (Lipinski definition) is 11. The molecule has 1 heterocycles. The summed E-state index contributed by atoms with van der Waals surface area (Å²) in [6.07, 6.45) is -1.01. The first-order chi connectivity index (χ1) is 27.4. The molecule has 2 unspecified atom stereocenters. The average molecular weight is 850 g/mol. The molecule has 1 fully saturated rings. The van der Waals surface area contributed by atoms with Crippen LogP contribution in [0.5, 0.6) is 0 Å². The fourth-order valence-corrected chi connectivity index (χ4v) is 9.12. The van der Waals surface area contributed by atoms with Gasteiger partial charge < -0.3 is 27.9 Å². The van der Waals surface area contributed by atoms with Crippen molar-refractivity contribution in [3.63, 3.8) is 0 Å². The van der Waals surface area contributed by atoms with Gasteiger partial charge in [0.1, 0.15) is 16.3 Å². The van der Waals surface area contributed by atoms with E-state index in [0.717, 1.165) is 0 Å². The van der Waals surface area contributed by atoms with Crippen molar-refractivity contribution in [3.05, 3.63) is 133 Å². The Bertz CT molecular complexity index is 1800. The molecule has 0 amide bonds. The molecule has 0 spiro atoms. The maximum Gasteiger partial charge on any atom is 0.338 e. The van der Waals surface area contributed by atoms with Crippen LogP contribution < -0.4 is 4.72 Å². The van der Waals surface area contributed by atoms with E-state index >= 15 is 0 Å². The second kappa shape index (κ2) is 21.0. The molecule has 0 bridgehead atoms. The lowest BCUT2D eigenvalue weighted by molar-refractivity contribution is -0.205. The first-order valence-corrected chi connectivity index (χ1v) is 24.5. The van der Waals surface area contributed by atoms with Crippen LogP contribution in [0.1, 0.15) is 85.5 Å². The van der Waals surface area contributed by atoms with E-state index in [1.807, 2.05) is 20.8 Å². The van der Waals surface area contributed by atoms with Gasteiger partial charge in [-0.3, -0.25) is 0 Å². The van der Waals surface area contributed by atoms with Crippen molar-refractivity contribution >= 4 is 49.3 Å². The maximum atomic E-state index is 14.1. The van der Waals surface area contributed by atoms with Gasteiger partial charge in [0, 0.05) is 23.2 Å². The molecule has 1 aliphatic heterocycles. The number of ether oxygens (including phenoxy) is 4. The molecule has 314 valence electrons. The number of rotatable bonds is 18. The molecule has 10 nitrogen and oxygen atoms in total. The number of carbonyl (C=O) groups is 3. The lowest BCUT2D eigenvalue weighted by atomic mass is 9.92. The summed E-state index contributed by atoms with van der Waals surface area (Å²) in [5.74, 6) is -2.15. The van der Waals surface area contributed by atoms with E-state index in [-0.39, 0.29) is 33.4 Å². The SMILES string of the molecule is C=CCC(CO[Si](C)(C)C(C)(C)C)S[C@H]1O[C@H](C(CC=C)N[S@+]([O-])C(C)(C)C)[C@H](OC(=O)c2ccccc2)[C@H](OC(=O)c2ccccc2)[C@H]1OC(=O)c1ccccc1. The van der Waals surface area contributed by atoms with Crippen LogP contribution in [-0.2, 0) is 34.7 Å². The van der Waals surface area contributed by atoms with E-state index in [4.69, 9.17) is 23.4 Å². The minimum absolute atomic E-state index is 0.0601. The summed E-state index contributed by atoms with van der Waals surface area (Å²) in [5, 5.41) is -0.311. The van der Waals surface area contributed by atoms with Crippen molar-refractivity contribution in [2.45, 2.75) is 118 Å². The number of benzene rings is 3. The van der Waals surface area contributed by atoms with Crippen LogP contribution >= 0.6 is 11.8 Å². The Labute approximate surface area is 352 Å². The summed E-state index contributed by atoms with van der Waals surface area (Å²) in [4.78, 5) is 42.2. The molecular formula is C45H59NO9S2Si. The monoisotopic (exact) mass is 849 g/mol. The number of nitrogens with one attached hydrogen (secondary N) is 1. The van der Waals surface area contributed by atoms with Gasteiger partial charge in [-0.05, 0) is 88.1 Å². The Hall–Kier alpha value is -3.69.